The molecule has 0 bridgehead atoms. The van der Waals surface area contributed by atoms with Crippen molar-refractivity contribution >= 4 is 9.84 Å². The maximum absolute atomic E-state index is 11.4. The summed E-state index contributed by atoms with van der Waals surface area (Å²) >= 11 is 0. The summed E-state index contributed by atoms with van der Waals surface area (Å²) in [6.07, 6.45) is 0.588. The SMILES string of the molecule is Cc1ccc(C)c(CC(O)C2CCS(=O)(=O)C2)c1. The summed E-state index contributed by atoms with van der Waals surface area (Å²) in [6, 6.07) is 6.16. The molecule has 1 fully saturated rings. The van der Waals surface area contributed by atoms with Gasteiger partial charge in [-0.1, -0.05) is 23.8 Å². The fourth-order valence-corrected chi connectivity index (χ4v) is 4.41. The van der Waals surface area contributed by atoms with E-state index in [4.69, 9.17) is 0 Å². The number of sulfone groups is 1. The maximum Gasteiger partial charge on any atom is 0.150 e. The highest BCUT2D eigenvalue weighted by Gasteiger charge is 2.32. The van der Waals surface area contributed by atoms with Crippen molar-refractivity contribution in [2.75, 3.05) is 11.5 Å². The zero-order chi connectivity index (χ0) is 13.3. The molecule has 2 rings (SSSR count). The third kappa shape index (κ3) is 3.12. The Hall–Kier alpha value is -0.870. The summed E-state index contributed by atoms with van der Waals surface area (Å²) in [7, 11) is -2.91. The van der Waals surface area contributed by atoms with Crippen molar-refractivity contribution in [2.24, 2.45) is 5.92 Å². The van der Waals surface area contributed by atoms with E-state index in [9.17, 15) is 13.5 Å². The lowest BCUT2D eigenvalue weighted by Gasteiger charge is -2.18. The molecule has 0 aliphatic carbocycles. The summed E-state index contributed by atoms with van der Waals surface area (Å²) in [5.74, 6) is 0.260. The van der Waals surface area contributed by atoms with E-state index in [0.717, 1.165) is 11.1 Å². The lowest BCUT2D eigenvalue weighted by atomic mass is 9.93. The molecule has 1 heterocycles. The molecule has 1 aliphatic rings. The first-order valence-electron chi connectivity index (χ1n) is 6.32. The fourth-order valence-electron chi connectivity index (χ4n) is 2.54. The Labute approximate surface area is 109 Å². The van der Waals surface area contributed by atoms with Crippen molar-refractivity contribution in [3.8, 4) is 0 Å². The van der Waals surface area contributed by atoms with Gasteiger partial charge in [-0.2, -0.15) is 0 Å². The van der Waals surface area contributed by atoms with Gasteiger partial charge in [0.15, 0.2) is 9.84 Å². The Morgan fingerprint density at radius 1 is 1.39 bits per heavy atom. The van der Waals surface area contributed by atoms with Gasteiger partial charge in [0.25, 0.3) is 0 Å². The van der Waals surface area contributed by atoms with Gasteiger partial charge in [-0.3, -0.25) is 0 Å². The molecule has 0 spiro atoms. The summed E-state index contributed by atoms with van der Waals surface area (Å²) in [4.78, 5) is 0. The highest BCUT2D eigenvalue weighted by Crippen LogP contribution is 2.25. The van der Waals surface area contributed by atoms with E-state index in [1.807, 2.05) is 26.0 Å². The Kier molecular flexibility index (Phi) is 3.78. The van der Waals surface area contributed by atoms with Crippen LogP contribution in [0.1, 0.15) is 23.1 Å². The lowest BCUT2D eigenvalue weighted by Crippen LogP contribution is -2.24. The van der Waals surface area contributed by atoms with Crippen molar-refractivity contribution < 1.29 is 13.5 Å². The van der Waals surface area contributed by atoms with E-state index in [2.05, 4.69) is 6.07 Å². The van der Waals surface area contributed by atoms with Crippen LogP contribution >= 0.6 is 0 Å². The van der Waals surface area contributed by atoms with Crippen molar-refractivity contribution in [1.82, 2.24) is 0 Å². The first-order chi connectivity index (χ1) is 8.37. The van der Waals surface area contributed by atoms with Crippen molar-refractivity contribution in [3.05, 3.63) is 34.9 Å². The molecule has 4 heteroatoms. The third-order valence-electron chi connectivity index (χ3n) is 3.75. The molecule has 1 aliphatic heterocycles. The molecule has 100 valence electrons. The standard InChI is InChI=1S/C14H20O3S/c1-10-3-4-11(2)13(7-10)8-14(15)12-5-6-18(16,17)9-12/h3-4,7,12,14-15H,5-6,8-9H2,1-2H3. The monoisotopic (exact) mass is 268 g/mol. The average molecular weight is 268 g/mol. The summed E-state index contributed by atoms with van der Waals surface area (Å²) in [5.41, 5.74) is 3.44. The quantitative estimate of drug-likeness (QED) is 0.906. The molecule has 1 aromatic rings. The van der Waals surface area contributed by atoms with Crippen LogP contribution in [0, 0.1) is 19.8 Å². The molecule has 0 amide bonds. The number of aliphatic hydroxyl groups excluding tert-OH is 1. The summed E-state index contributed by atoms with van der Waals surface area (Å²) in [6.45, 7) is 4.04. The zero-order valence-electron chi connectivity index (χ0n) is 10.9. The smallest absolute Gasteiger partial charge is 0.150 e. The molecule has 0 aromatic heterocycles. The average Bonchev–Trinajstić information content (AvgIpc) is 2.64. The van der Waals surface area contributed by atoms with E-state index >= 15 is 0 Å². The second-order valence-corrected chi connectivity index (χ2v) is 7.59. The first-order valence-corrected chi connectivity index (χ1v) is 8.14. The number of hydrogen-bond donors (Lipinski definition) is 1. The second-order valence-electron chi connectivity index (χ2n) is 5.36. The summed E-state index contributed by atoms with van der Waals surface area (Å²) in [5, 5.41) is 10.2. The molecule has 1 saturated heterocycles. The number of aryl methyl sites for hydroxylation is 2. The number of benzene rings is 1. The van der Waals surface area contributed by atoms with E-state index in [-0.39, 0.29) is 17.4 Å². The molecule has 3 nitrogen and oxygen atoms in total. The topological polar surface area (TPSA) is 54.4 Å². The van der Waals surface area contributed by atoms with Crippen LogP contribution in [0.3, 0.4) is 0 Å². The van der Waals surface area contributed by atoms with E-state index < -0.39 is 15.9 Å². The molecular weight excluding hydrogens is 248 g/mol. The minimum atomic E-state index is -2.91. The second kappa shape index (κ2) is 5.02. The minimum Gasteiger partial charge on any atom is -0.392 e. The molecular formula is C14H20O3S. The number of aliphatic hydroxyl groups is 1. The number of hydrogen-bond acceptors (Lipinski definition) is 3. The molecule has 0 saturated carbocycles. The third-order valence-corrected chi connectivity index (χ3v) is 5.54. The minimum absolute atomic E-state index is 0.102. The van der Waals surface area contributed by atoms with Crippen LogP contribution in [0.5, 0.6) is 0 Å². The van der Waals surface area contributed by atoms with Crippen LogP contribution in [0.4, 0.5) is 0 Å². The first kappa shape index (κ1) is 13.6. The molecule has 2 atom stereocenters. The lowest BCUT2D eigenvalue weighted by molar-refractivity contribution is 0.120. The molecule has 2 unspecified atom stereocenters. The molecule has 1 aromatic carbocycles. The van der Waals surface area contributed by atoms with Gasteiger partial charge >= 0.3 is 0 Å². The van der Waals surface area contributed by atoms with Crippen LogP contribution in [-0.4, -0.2) is 31.1 Å². The van der Waals surface area contributed by atoms with E-state index in [1.54, 1.807) is 0 Å². The molecule has 1 N–H and O–H groups in total. The largest absolute Gasteiger partial charge is 0.392 e. The predicted molar refractivity (Wildman–Crippen MR) is 72.4 cm³/mol. The maximum atomic E-state index is 11.4. The van der Waals surface area contributed by atoms with E-state index in [0.29, 0.717) is 12.8 Å². The Morgan fingerprint density at radius 3 is 2.72 bits per heavy atom. The van der Waals surface area contributed by atoms with Crippen LogP contribution < -0.4 is 0 Å². The normalized spacial score (nSPS) is 24.1. The van der Waals surface area contributed by atoms with Crippen LogP contribution in [0.2, 0.25) is 0 Å². The Balaban J connectivity index is 2.08. The van der Waals surface area contributed by atoms with Gasteiger partial charge in [-0.15, -0.1) is 0 Å². The highest BCUT2D eigenvalue weighted by molar-refractivity contribution is 7.91. The van der Waals surface area contributed by atoms with Crippen molar-refractivity contribution in [2.45, 2.75) is 32.8 Å². The highest BCUT2D eigenvalue weighted by atomic mass is 32.2. The van der Waals surface area contributed by atoms with Crippen molar-refractivity contribution in [3.63, 3.8) is 0 Å². The zero-order valence-corrected chi connectivity index (χ0v) is 11.7. The fraction of sp³-hybridized carbons (Fsp3) is 0.571. The van der Waals surface area contributed by atoms with Crippen molar-refractivity contribution in [1.29, 1.82) is 0 Å². The van der Waals surface area contributed by atoms with Crippen LogP contribution in [0.15, 0.2) is 18.2 Å². The van der Waals surface area contributed by atoms with Gasteiger partial charge in [-0.25, -0.2) is 8.42 Å². The number of rotatable bonds is 3. The van der Waals surface area contributed by atoms with Crippen LogP contribution in [-0.2, 0) is 16.3 Å². The molecule has 18 heavy (non-hydrogen) atoms. The predicted octanol–water partition coefficient (Wildman–Crippen LogP) is 1.64. The van der Waals surface area contributed by atoms with Gasteiger partial charge in [0.2, 0.25) is 0 Å². The Bertz CT molecular complexity index is 534. The van der Waals surface area contributed by atoms with Gasteiger partial charge in [-0.05, 0) is 37.8 Å². The van der Waals surface area contributed by atoms with Gasteiger partial charge in [0.05, 0.1) is 17.6 Å². The van der Waals surface area contributed by atoms with Gasteiger partial charge < -0.3 is 5.11 Å². The van der Waals surface area contributed by atoms with E-state index in [1.165, 1.54) is 5.56 Å². The van der Waals surface area contributed by atoms with Gasteiger partial charge in [0, 0.05) is 5.92 Å². The summed E-state index contributed by atoms with van der Waals surface area (Å²) < 4.78 is 22.8. The molecule has 0 radical (unpaired) electrons. The van der Waals surface area contributed by atoms with Gasteiger partial charge in [0.1, 0.15) is 0 Å². The Morgan fingerprint density at radius 2 is 2.11 bits per heavy atom. The van der Waals surface area contributed by atoms with Crippen LogP contribution in [0.25, 0.3) is 0 Å².